The average Bonchev–Trinajstić information content (AvgIpc) is 2.23. The van der Waals surface area contributed by atoms with Crippen LogP contribution < -0.4 is 5.32 Å². The fraction of sp³-hybridized carbons (Fsp3) is 0.600. The van der Waals surface area contributed by atoms with Crippen LogP contribution in [0.1, 0.15) is 25.7 Å². The Labute approximate surface area is 83.4 Å². The van der Waals surface area contributed by atoms with Gasteiger partial charge in [0.2, 0.25) is 0 Å². The van der Waals surface area contributed by atoms with E-state index in [2.05, 4.69) is 15.5 Å². The van der Waals surface area contributed by atoms with Crippen LogP contribution in [0, 0.1) is 0 Å². The van der Waals surface area contributed by atoms with Crippen LogP contribution in [0.4, 0.5) is 5.82 Å². The van der Waals surface area contributed by atoms with Gasteiger partial charge in [0.05, 0.1) is 12.1 Å². The summed E-state index contributed by atoms with van der Waals surface area (Å²) in [5.41, 5.74) is 0. The summed E-state index contributed by atoms with van der Waals surface area (Å²) in [5.74, 6) is 0.749. The Morgan fingerprint density at radius 1 is 1.36 bits per heavy atom. The molecule has 0 bridgehead atoms. The lowest BCUT2D eigenvalue weighted by atomic mass is 9.93. The summed E-state index contributed by atoms with van der Waals surface area (Å²) < 4.78 is 0. The maximum Gasteiger partial charge on any atom is 0.148 e. The zero-order valence-corrected chi connectivity index (χ0v) is 8.06. The molecule has 0 amide bonds. The van der Waals surface area contributed by atoms with Crippen molar-refractivity contribution in [1.29, 1.82) is 0 Å². The summed E-state index contributed by atoms with van der Waals surface area (Å²) in [6, 6.07) is 3.85. The second-order valence-electron chi connectivity index (χ2n) is 3.71. The van der Waals surface area contributed by atoms with Crippen LogP contribution >= 0.6 is 0 Å². The van der Waals surface area contributed by atoms with Gasteiger partial charge in [-0.1, -0.05) is 12.8 Å². The van der Waals surface area contributed by atoms with Crippen LogP contribution in [0.3, 0.4) is 0 Å². The van der Waals surface area contributed by atoms with Crippen molar-refractivity contribution < 1.29 is 5.11 Å². The molecule has 1 aromatic heterocycles. The highest BCUT2D eigenvalue weighted by Crippen LogP contribution is 2.20. The molecule has 1 saturated carbocycles. The first kappa shape index (κ1) is 9.40. The van der Waals surface area contributed by atoms with Crippen molar-refractivity contribution in [3.05, 3.63) is 18.3 Å². The van der Waals surface area contributed by atoms with Crippen molar-refractivity contribution in [1.82, 2.24) is 10.2 Å². The Morgan fingerprint density at radius 2 is 2.21 bits per heavy atom. The number of hydrogen-bond acceptors (Lipinski definition) is 4. The van der Waals surface area contributed by atoms with Gasteiger partial charge in [-0.15, -0.1) is 5.10 Å². The molecule has 1 aliphatic rings. The molecule has 0 unspecified atom stereocenters. The summed E-state index contributed by atoms with van der Waals surface area (Å²) in [6.45, 7) is 0. The maximum atomic E-state index is 9.72. The van der Waals surface area contributed by atoms with E-state index in [-0.39, 0.29) is 12.1 Å². The van der Waals surface area contributed by atoms with E-state index in [1.807, 2.05) is 12.1 Å². The number of aliphatic hydroxyl groups is 1. The summed E-state index contributed by atoms with van der Waals surface area (Å²) in [6.07, 6.45) is 5.60. The number of nitrogens with zero attached hydrogens (tertiary/aromatic N) is 2. The average molecular weight is 193 g/mol. The number of rotatable bonds is 2. The second kappa shape index (κ2) is 4.37. The van der Waals surface area contributed by atoms with Gasteiger partial charge >= 0.3 is 0 Å². The molecule has 0 aliphatic heterocycles. The van der Waals surface area contributed by atoms with Crippen LogP contribution in [0.2, 0.25) is 0 Å². The van der Waals surface area contributed by atoms with Gasteiger partial charge in [-0.05, 0) is 25.0 Å². The predicted molar refractivity (Wildman–Crippen MR) is 53.9 cm³/mol. The molecule has 1 aromatic rings. The smallest absolute Gasteiger partial charge is 0.148 e. The largest absolute Gasteiger partial charge is 0.391 e. The van der Waals surface area contributed by atoms with E-state index in [1.165, 1.54) is 6.42 Å². The molecule has 2 atom stereocenters. The normalized spacial score (nSPS) is 27.2. The number of nitrogens with one attached hydrogen (secondary N) is 1. The van der Waals surface area contributed by atoms with Crippen molar-refractivity contribution >= 4 is 5.82 Å². The Hall–Kier alpha value is -1.16. The summed E-state index contributed by atoms with van der Waals surface area (Å²) in [5, 5.41) is 20.6. The van der Waals surface area contributed by atoms with Crippen molar-refractivity contribution in [2.75, 3.05) is 5.32 Å². The number of aromatic nitrogens is 2. The lowest BCUT2D eigenvalue weighted by molar-refractivity contribution is 0.116. The number of anilines is 1. The topological polar surface area (TPSA) is 58.0 Å². The fourth-order valence-electron chi connectivity index (χ4n) is 1.85. The van der Waals surface area contributed by atoms with Crippen molar-refractivity contribution in [2.45, 2.75) is 37.8 Å². The van der Waals surface area contributed by atoms with Crippen molar-refractivity contribution in [3.8, 4) is 0 Å². The third-order valence-corrected chi connectivity index (χ3v) is 2.64. The minimum absolute atomic E-state index is 0.139. The van der Waals surface area contributed by atoms with E-state index in [0.29, 0.717) is 0 Å². The van der Waals surface area contributed by atoms with E-state index in [4.69, 9.17) is 0 Å². The highest BCUT2D eigenvalue weighted by Gasteiger charge is 2.22. The zero-order chi connectivity index (χ0) is 9.80. The molecule has 1 aliphatic carbocycles. The van der Waals surface area contributed by atoms with Crippen molar-refractivity contribution in [2.24, 2.45) is 0 Å². The molecule has 0 aromatic carbocycles. The summed E-state index contributed by atoms with van der Waals surface area (Å²) in [7, 11) is 0. The van der Waals surface area contributed by atoms with Crippen LogP contribution in [0.15, 0.2) is 18.3 Å². The van der Waals surface area contributed by atoms with Gasteiger partial charge in [-0.2, -0.15) is 5.10 Å². The maximum absolute atomic E-state index is 9.72. The van der Waals surface area contributed by atoms with E-state index in [9.17, 15) is 5.11 Å². The Balaban J connectivity index is 1.96. The van der Waals surface area contributed by atoms with E-state index in [0.717, 1.165) is 25.1 Å². The Kier molecular flexibility index (Phi) is 2.93. The number of hydrogen-bond donors (Lipinski definition) is 2. The Morgan fingerprint density at radius 3 is 2.93 bits per heavy atom. The van der Waals surface area contributed by atoms with Gasteiger partial charge in [0, 0.05) is 6.20 Å². The van der Waals surface area contributed by atoms with Crippen molar-refractivity contribution in [3.63, 3.8) is 0 Å². The van der Waals surface area contributed by atoms with Crippen LogP contribution in [0.5, 0.6) is 0 Å². The molecule has 2 N–H and O–H groups in total. The third-order valence-electron chi connectivity index (χ3n) is 2.64. The van der Waals surface area contributed by atoms with Gasteiger partial charge in [-0.3, -0.25) is 0 Å². The second-order valence-corrected chi connectivity index (χ2v) is 3.71. The molecule has 0 radical (unpaired) electrons. The van der Waals surface area contributed by atoms with Gasteiger partial charge < -0.3 is 10.4 Å². The molecule has 1 heterocycles. The van der Waals surface area contributed by atoms with Crippen LogP contribution in [-0.4, -0.2) is 27.4 Å². The lowest BCUT2D eigenvalue weighted by Crippen LogP contribution is -2.36. The molecule has 1 fully saturated rings. The quantitative estimate of drug-likeness (QED) is 0.740. The van der Waals surface area contributed by atoms with Gasteiger partial charge in [0.1, 0.15) is 5.82 Å². The first-order valence-corrected chi connectivity index (χ1v) is 5.08. The fourth-order valence-corrected chi connectivity index (χ4v) is 1.85. The van der Waals surface area contributed by atoms with E-state index < -0.39 is 0 Å². The third kappa shape index (κ3) is 2.20. The minimum atomic E-state index is -0.245. The summed E-state index contributed by atoms with van der Waals surface area (Å²) >= 11 is 0. The SMILES string of the molecule is O[C@@H]1CCCC[C@H]1Nc1cccnn1. The lowest BCUT2D eigenvalue weighted by Gasteiger charge is -2.28. The van der Waals surface area contributed by atoms with Gasteiger partial charge in [0.25, 0.3) is 0 Å². The summed E-state index contributed by atoms with van der Waals surface area (Å²) in [4.78, 5) is 0. The molecule has 0 spiro atoms. The molecule has 0 saturated heterocycles. The molecule has 4 heteroatoms. The van der Waals surface area contributed by atoms with Crippen LogP contribution in [-0.2, 0) is 0 Å². The molecule has 14 heavy (non-hydrogen) atoms. The van der Waals surface area contributed by atoms with Gasteiger partial charge in [-0.25, -0.2) is 0 Å². The molecular weight excluding hydrogens is 178 g/mol. The van der Waals surface area contributed by atoms with Gasteiger partial charge in [0.15, 0.2) is 0 Å². The molecule has 2 rings (SSSR count). The van der Waals surface area contributed by atoms with Crippen LogP contribution in [0.25, 0.3) is 0 Å². The zero-order valence-electron chi connectivity index (χ0n) is 8.06. The monoisotopic (exact) mass is 193 g/mol. The molecule has 4 nitrogen and oxygen atoms in total. The highest BCUT2D eigenvalue weighted by molar-refractivity contribution is 5.33. The van der Waals surface area contributed by atoms with E-state index >= 15 is 0 Å². The minimum Gasteiger partial charge on any atom is -0.391 e. The standard InChI is InChI=1S/C10H15N3O/c14-9-5-2-1-4-8(9)12-10-6-3-7-11-13-10/h3,6-9,14H,1-2,4-5H2,(H,12,13)/t8-,9-/m1/s1. The predicted octanol–water partition coefficient (Wildman–Crippen LogP) is 1.19. The Bertz CT molecular complexity index is 278. The molecule has 76 valence electrons. The first-order valence-electron chi connectivity index (χ1n) is 5.08. The first-order chi connectivity index (χ1) is 6.86. The molecular formula is C10H15N3O. The van der Waals surface area contributed by atoms with E-state index in [1.54, 1.807) is 6.20 Å². The highest BCUT2D eigenvalue weighted by atomic mass is 16.3. The number of aliphatic hydroxyl groups excluding tert-OH is 1.